The SMILES string of the molecule is COc1cccc2c1ccn2CC(=O)NC(CO)CCSC. The van der Waals surface area contributed by atoms with Gasteiger partial charge in [0.15, 0.2) is 0 Å². The molecule has 2 rings (SSSR count). The van der Waals surface area contributed by atoms with Gasteiger partial charge in [-0.15, -0.1) is 0 Å². The van der Waals surface area contributed by atoms with Crippen LogP contribution in [0, 0.1) is 0 Å². The lowest BCUT2D eigenvalue weighted by molar-refractivity contribution is -0.122. The summed E-state index contributed by atoms with van der Waals surface area (Å²) in [6.07, 6.45) is 4.65. The molecular weight excluding hydrogens is 300 g/mol. The Morgan fingerprint density at radius 3 is 2.95 bits per heavy atom. The Morgan fingerprint density at radius 1 is 1.45 bits per heavy atom. The molecule has 0 bridgehead atoms. The van der Waals surface area contributed by atoms with E-state index in [2.05, 4.69) is 5.32 Å². The van der Waals surface area contributed by atoms with E-state index in [0.717, 1.165) is 28.8 Å². The summed E-state index contributed by atoms with van der Waals surface area (Å²) in [7, 11) is 1.64. The molecule has 5 nitrogen and oxygen atoms in total. The summed E-state index contributed by atoms with van der Waals surface area (Å²) < 4.78 is 7.21. The number of methoxy groups -OCH3 is 1. The molecule has 120 valence electrons. The predicted octanol–water partition coefficient (Wildman–Crippen LogP) is 1.88. The van der Waals surface area contributed by atoms with E-state index in [1.807, 2.05) is 41.3 Å². The highest BCUT2D eigenvalue weighted by Crippen LogP contribution is 2.26. The maximum atomic E-state index is 12.2. The van der Waals surface area contributed by atoms with E-state index in [9.17, 15) is 9.90 Å². The summed E-state index contributed by atoms with van der Waals surface area (Å²) in [6.45, 7) is 0.193. The number of carbonyl (C=O) groups is 1. The summed E-state index contributed by atoms with van der Waals surface area (Å²) in [5.41, 5.74) is 0.958. The summed E-state index contributed by atoms with van der Waals surface area (Å²) in [4.78, 5) is 12.2. The highest BCUT2D eigenvalue weighted by molar-refractivity contribution is 7.98. The Balaban J connectivity index is 2.05. The second kappa shape index (κ2) is 8.10. The molecule has 6 heteroatoms. The van der Waals surface area contributed by atoms with Crippen LogP contribution in [0.2, 0.25) is 0 Å². The monoisotopic (exact) mass is 322 g/mol. The van der Waals surface area contributed by atoms with Gasteiger partial charge in [-0.05, 0) is 36.6 Å². The molecule has 0 aliphatic heterocycles. The quantitative estimate of drug-likeness (QED) is 0.779. The van der Waals surface area contributed by atoms with Crippen molar-refractivity contribution < 1.29 is 14.6 Å². The fraction of sp³-hybridized carbons (Fsp3) is 0.438. The molecule has 22 heavy (non-hydrogen) atoms. The molecule has 0 fully saturated rings. The molecule has 0 spiro atoms. The van der Waals surface area contributed by atoms with Crippen LogP contribution in [0.4, 0.5) is 0 Å². The van der Waals surface area contributed by atoms with E-state index in [0.29, 0.717) is 0 Å². The smallest absolute Gasteiger partial charge is 0.240 e. The third-order valence-corrected chi connectivity index (χ3v) is 4.21. The first-order chi connectivity index (χ1) is 10.7. The van der Waals surface area contributed by atoms with Crippen molar-refractivity contribution in [3.63, 3.8) is 0 Å². The fourth-order valence-corrected chi connectivity index (χ4v) is 2.93. The van der Waals surface area contributed by atoms with Gasteiger partial charge in [0.05, 0.1) is 25.3 Å². The zero-order valence-electron chi connectivity index (χ0n) is 12.9. The normalized spacial score (nSPS) is 12.3. The van der Waals surface area contributed by atoms with E-state index in [1.165, 1.54) is 0 Å². The second-order valence-electron chi connectivity index (χ2n) is 5.07. The first-order valence-electron chi connectivity index (χ1n) is 7.20. The van der Waals surface area contributed by atoms with Gasteiger partial charge in [0.25, 0.3) is 0 Å². The van der Waals surface area contributed by atoms with Gasteiger partial charge in [0.1, 0.15) is 12.3 Å². The number of nitrogens with one attached hydrogen (secondary N) is 1. The van der Waals surface area contributed by atoms with Gasteiger partial charge in [0, 0.05) is 11.6 Å². The third-order valence-electron chi connectivity index (χ3n) is 3.56. The Bertz CT molecular complexity index is 627. The molecule has 2 aromatic rings. The van der Waals surface area contributed by atoms with Crippen molar-refractivity contribution in [3.8, 4) is 5.75 Å². The van der Waals surface area contributed by atoms with Gasteiger partial charge in [-0.3, -0.25) is 4.79 Å². The number of nitrogens with zero attached hydrogens (tertiary/aromatic N) is 1. The molecule has 1 heterocycles. The minimum atomic E-state index is -0.184. The number of carbonyl (C=O) groups excluding carboxylic acids is 1. The third kappa shape index (κ3) is 3.96. The summed E-state index contributed by atoms with van der Waals surface area (Å²) >= 11 is 1.70. The van der Waals surface area contributed by atoms with Crippen molar-refractivity contribution in [2.75, 3.05) is 25.7 Å². The van der Waals surface area contributed by atoms with Crippen LogP contribution in [-0.4, -0.2) is 47.3 Å². The zero-order chi connectivity index (χ0) is 15.9. The van der Waals surface area contributed by atoms with Crippen LogP contribution in [0.15, 0.2) is 30.5 Å². The number of hydrogen-bond acceptors (Lipinski definition) is 4. The fourth-order valence-electron chi connectivity index (χ4n) is 2.41. The molecule has 0 aliphatic carbocycles. The molecule has 0 saturated heterocycles. The molecule has 1 aromatic carbocycles. The number of aliphatic hydroxyl groups is 1. The number of aliphatic hydroxyl groups excluding tert-OH is 1. The molecule has 1 amide bonds. The van der Waals surface area contributed by atoms with E-state index >= 15 is 0 Å². The summed E-state index contributed by atoms with van der Waals surface area (Å²) in [5, 5.41) is 13.2. The van der Waals surface area contributed by atoms with Crippen molar-refractivity contribution >= 4 is 28.6 Å². The predicted molar refractivity (Wildman–Crippen MR) is 90.5 cm³/mol. The number of amides is 1. The first kappa shape index (κ1) is 16.7. The number of hydrogen-bond donors (Lipinski definition) is 2. The number of fused-ring (bicyclic) bond motifs is 1. The lowest BCUT2D eigenvalue weighted by Crippen LogP contribution is -2.39. The Kier molecular flexibility index (Phi) is 6.15. The number of benzene rings is 1. The lowest BCUT2D eigenvalue weighted by Gasteiger charge is -2.16. The highest BCUT2D eigenvalue weighted by atomic mass is 32.2. The average molecular weight is 322 g/mol. The maximum Gasteiger partial charge on any atom is 0.240 e. The highest BCUT2D eigenvalue weighted by Gasteiger charge is 2.13. The molecule has 1 unspecified atom stereocenters. The minimum absolute atomic E-state index is 0.0352. The molecule has 2 N–H and O–H groups in total. The van der Waals surface area contributed by atoms with Gasteiger partial charge in [0.2, 0.25) is 5.91 Å². The van der Waals surface area contributed by atoms with Crippen molar-refractivity contribution in [1.82, 2.24) is 9.88 Å². The number of ether oxygens (including phenoxy) is 1. The van der Waals surface area contributed by atoms with Crippen LogP contribution in [0.3, 0.4) is 0 Å². The van der Waals surface area contributed by atoms with Crippen LogP contribution < -0.4 is 10.1 Å². The van der Waals surface area contributed by atoms with Crippen LogP contribution >= 0.6 is 11.8 Å². The molecule has 0 aliphatic rings. The number of thioether (sulfide) groups is 1. The van der Waals surface area contributed by atoms with E-state index in [4.69, 9.17) is 4.74 Å². The Morgan fingerprint density at radius 2 is 2.27 bits per heavy atom. The number of aromatic nitrogens is 1. The van der Waals surface area contributed by atoms with Gasteiger partial charge in [-0.25, -0.2) is 0 Å². The van der Waals surface area contributed by atoms with E-state index < -0.39 is 0 Å². The standard InChI is InChI=1S/C16H22N2O3S/c1-21-15-5-3-4-14-13(15)6-8-18(14)10-16(20)17-12(11-19)7-9-22-2/h3-6,8,12,19H,7,9-11H2,1-2H3,(H,17,20). The topological polar surface area (TPSA) is 63.5 Å². The van der Waals surface area contributed by atoms with Gasteiger partial charge < -0.3 is 19.7 Å². The van der Waals surface area contributed by atoms with Crippen LogP contribution in [0.1, 0.15) is 6.42 Å². The van der Waals surface area contributed by atoms with Gasteiger partial charge >= 0.3 is 0 Å². The first-order valence-corrected chi connectivity index (χ1v) is 8.60. The van der Waals surface area contributed by atoms with Crippen LogP contribution in [-0.2, 0) is 11.3 Å². The molecule has 0 saturated carbocycles. The summed E-state index contributed by atoms with van der Waals surface area (Å²) in [6, 6.07) is 7.53. The van der Waals surface area contributed by atoms with Gasteiger partial charge in [-0.1, -0.05) is 6.07 Å². The van der Waals surface area contributed by atoms with Gasteiger partial charge in [-0.2, -0.15) is 11.8 Å². The van der Waals surface area contributed by atoms with Crippen molar-refractivity contribution in [2.24, 2.45) is 0 Å². The molecule has 0 radical (unpaired) electrons. The zero-order valence-corrected chi connectivity index (χ0v) is 13.7. The second-order valence-corrected chi connectivity index (χ2v) is 6.05. The molecular formula is C16H22N2O3S. The van der Waals surface area contributed by atoms with Crippen molar-refractivity contribution in [2.45, 2.75) is 19.0 Å². The van der Waals surface area contributed by atoms with Crippen LogP contribution in [0.25, 0.3) is 10.9 Å². The van der Waals surface area contributed by atoms with E-state index in [1.54, 1.807) is 18.9 Å². The van der Waals surface area contributed by atoms with Crippen molar-refractivity contribution in [1.29, 1.82) is 0 Å². The van der Waals surface area contributed by atoms with E-state index in [-0.39, 0.29) is 25.1 Å². The average Bonchev–Trinajstić information content (AvgIpc) is 2.94. The largest absolute Gasteiger partial charge is 0.496 e. The molecule has 1 aromatic heterocycles. The maximum absolute atomic E-state index is 12.2. The molecule has 1 atom stereocenters. The minimum Gasteiger partial charge on any atom is -0.496 e. The Hall–Kier alpha value is -1.66. The lowest BCUT2D eigenvalue weighted by atomic mass is 10.2. The van der Waals surface area contributed by atoms with Crippen LogP contribution in [0.5, 0.6) is 5.75 Å². The Labute approximate surface area is 134 Å². The summed E-state index contributed by atoms with van der Waals surface area (Å²) in [5.74, 6) is 1.61. The number of rotatable bonds is 8. The van der Waals surface area contributed by atoms with Crippen molar-refractivity contribution in [3.05, 3.63) is 30.5 Å².